The van der Waals surface area contributed by atoms with Gasteiger partial charge in [-0.05, 0) is 43.1 Å². The van der Waals surface area contributed by atoms with Crippen molar-refractivity contribution in [3.05, 3.63) is 35.9 Å². The molecule has 0 bridgehead atoms. The number of rotatable bonds is 5. The first kappa shape index (κ1) is 18.8. The van der Waals surface area contributed by atoms with Crippen LogP contribution in [0.15, 0.2) is 30.3 Å². The van der Waals surface area contributed by atoms with Gasteiger partial charge in [0.25, 0.3) is 0 Å². The summed E-state index contributed by atoms with van der Waals surface area (Å²) in [6.45, 7) is 8.39. The van der Waals surface area contributed by atoms with E-state index in [2.05, 4.69) is 26.1 Å². The molecule has 2 N–H and O–H groups in total. The summed E-state index contributed by atoms with van der Waals surface area (Å²) in [5.74, 6) is 1.51. The second-order valence-corrected chi connectivity index (χ2v) is 7.56. The first-order valence-electron chi connectivity index (χ1n) is 9.08. The van der Waals surface area contributed by atoms with Gasteiger partial charge in [-0.25, -0.2) is 4.79 Å². The van der Waals surface area contributed by atoms with Crippen molar-refractivity contribution in [3.63, 3.8) is 0 Å². The number of hydrogen-bond acceptors (Lipinski definition) is 3. The fourth-order valence-corrected chi connectivity index (χ4v) is 3.63. The minimum atomic E-state index is -0.745. The Morgan fingerprint density at radius 1 is 1.21 bits per heavy atom. The Morgan fingerprint density at radius 3 is 2.50 bits per heavy atom. The van der Waals surface area contributed by atoms with Crippen LogP contribution < -0.4 is 5.32 Å². The zero-order chi connectivity index (χ0) is 17.7. The lowest BCUT2D eigenvalue weighted by atomic mass is 9.75. The molecule has 134 valence electrons. The predicted molar refractivity (Wildman–Crippen MR) is 95.6 cm³/mol. The molecule has 5 atom stereocenters. The van der Waals surface area contributed by atoms with Gasteiger partial charge in [-0.1, -0.05) is 57.5 Å². The minimum Gasteiger partial charge on any atom is -0.446 e. The van der Waals surface area contributed by atoms with Gasteiger partial charge in [0.2, 0.25) is 0 Å². The van der Waals surface area contributed by atoms with Crippen LogP contribution in [0.25, 0.3) is 0 Å². The first-order valence-corrected chi connectivity index (χ1v) is 9.08. The zero-order valence-electron chi connectivity index (χ0n) is 15.2. The lowest BCUT2D eigenvalue weighted by molar-refractivity contribution is 0.00237. The zero-order valence-corrected chi connectivity index (χ0v) is 15.2. The Kier molecular flexibility index (Phi) is 6.67. The fraction of sp³-hybridized carbons (Fsp3) is 0.650. The number of carbonyl (C=O) groups excluding carboxylic acids is 1. The van der Waals surface area contributed by atoms with Gasteiger partial charge in [-0.2, -0.15) is 0 Å². The van der Waals surface area contributed by atoms with E-state index in [1.54, 1.807) is 6.92 Å². The third kappa shape index (κ3) is 4.97. The largest absolute Gasteiger partial charge is 0.446 e. The lowest BCUT2D eigenvalue weighted by Gasteiger charge is -2.37. The van der Waals surface area contributed by atoms with E-state index in [1.807, 2.05) is 30.3 Å². The van der Waals surface area contributed by atoms with Gasteiger partial charge < -0.3 is 15.2 Å². The highest BCUT2D eigenvalue weighted by atomic mass is 16.6. The summed E-state index contributed by atoms with van der Waals surface area (Å²) in [6, 6.07) is 8.95. The molecule has 2 rings (SSSR count). The Bertz CT molecular complexity index is 517. The molecule has 0 saturated heterocycles. The second kappa shape index (κ2) is 8.52. The summed E-state index contributed by atoms with van der Waals surface area (Å²) < 4.78 is 5.73. The Balaban J connectivity index is 1.91. The van der Waals surface area contributed by atoms with E-state index in [1.165, 1.54) is 6.42 Å². The predicted octanol–water partition coefficient (Wildman–Crippen LogP) is 4.30. The van der Waals surface area contributed by atoms with Crippen LogP contribution in [0.5, 0.6) is 0 Å². The molecule has 1 saturated carbocycles. The molecule has 5 unspecified atom stereocenters. The van der Waals surface area contributed by atoms with Crippen LogP contribution in [0.3, 0.4) is 0 Å². The van der Waals surface area contributed by atoms with Gasteiger partial charge >= 0.3 is 6.09 Å². The molecule has 1 aromatic carbocycles. The van der Waals surface area contributed by atoms with Crippen molar-refractivity contribution >= 4 is 6.09 Å². The van der Waals surface area contributed by atoms with Gasteiger partial charge in [0.05, 0.1) is 12.1 Å². The third-order valence-electron chi connectivity index (χ3n) is 5.18. The maximum absolute atomic E-state index is 12.3. The molecule has 4 heteroatoms. The number of ether oxygens (including phenoxy) is 1. The number of aliphatic hydroxyl groups is 1. The molecule has 1 amide bonds. The quantitative estimate of drug-likeness (QED) is 0.845. The van der Waals surface area contributed by atoms with Crippen molar-refractivity contribution in [2.24, 2.45) is 17.8 Å². The van der Waals surface area contributed by atoms with Crippen LogP contribution in [-0.2, 0) is 4.74 Å². The topological polar surface area (TPSA) is 58.6 Å². The van der Waals surface area contributed by atoms with Crippen LogP contribution in [0.4, 0.5) is 4.79 Å². The molecule has 4 nitrogen and oxygen atoms in total. The molecule has 0 heterocycles. The Labute approximate surface area is 145 Å². The van der Waals surface area contributed by atoms with Gasteiger partial charge in [0.1, 0.15) is 6.10 Å². The smallest absolute Gasteiger partial charge is 0.407 e. The third-order valence-corrected chi connectivity index (χ3v) is 5.18. The number of nitrogens with one attached hydrogen (secondary N) is 1. The average Bonchev–Trinajstić information content (AvgIpc) is 2.54. The van der Waals surface area contributed by atoms with Crippen LogP contribution in [0.1, 0.15) is 58.6 Å². The Morgan fingerprint density at radius 2 is 1.88 bits per heavy atom. The molecule has 1 fully saturated rings. The van der Waals surface area contributed by atoms with Crippen molar-refractivity contribution in [1.29, 1.82) is 0 Å². The van der Waals surface area contributed by atoms with Crippen LogP contribution >= 0.6 is 0 Å². The number of alkyl carbamates (subject to hydrolysis) is 1. The lowest BCUT2D eigenvalue weighted by Crippen LogP contribution is -2.42. The molecule has 0 aromatic heterocycles. The molecule has 1 aromatic rings. The van der Waals surface area contributed by atoms with Crippen molar-refractivity contribution in [2.75, 3.05) is 0 Å². The van der Waals surface area contributed by atoms with E-state index >= 15 is 0 Å². The highest BCUT2D eigenvalue weighted by Gasteiger charge is 2.33. The van der Waals surface area contributed by atoms with Crippen LogP contribution in [0.2, 0.25) is 0 Å². The average molecular weight is 333 g/mol. The summed E-state index contributed by atoms with van der Waals surface area (Å²) in [7, 11) is 0. The van der Waals surface area contributed by atoms with E-state index in [-0.39, 0.29) is 6.10 Å². The summed E-state index contributed by atoms with van der Waals surface area (Å²) >= 11 is 0. The van der Waals surface area contributed by atoms with Crippen LogP contribution in [0, 0.1) is 17.8 Å². The van der Waals surface area contributed by atoms with Gasteiger partial charge in [-0.15, -0.1) is 0 Å². The summed E-state index contributed by atoms with van der Waals surface area (Å²) in [5, 5.41) is 13.1. The summed E-state index contributed by atoms with van der Waals surface area (Å²) in [4.78, 5) is 12.3. The maximum Gasteiger partial charge on any atom is 0.407 e. The number of aliphatic hydroxyl groups excluding tert-OH is 1. The van der Waals surface area contributed by atoms with E-state index < -0.39 is 18.2 Å². The first-order chi connectivity index (χ1) is 11.4. The van der Waals surface area contributed by atoms with E-state index in [0.29, 0.717) is 17.8 Å². The van der Waals surface area contributed by atoms with Crippen LogP contribution in [-0.4, -0.2) is 23.3 Å². The van der Waals surface area contributed by atoms with Crippen molar-refractivity contribution in [2.45, 2.75) is 65.2 Å². The number of hydrogen-bond donors (Lipinski definition) is 2. The highest BCUT2D eigenvalue weighted by Crippen LogP contribution is 2.35. The number of amides is 1. The summed E-state index contributed by atoms with van der Waals surface area (Å²) in [5.41, 5.74) is 0.789. The molecule has 24 heavy (non-hydrogen) atoms. The van der Waals surface area contributed by atoms with Crippen molar-refractivity contribution in [3.8, 4) is 0 Å². The molecular weight excluding hydrogens is 302 g/mol. The molecule has 0 radical (unpaired) electrons. The van der Waals surface area contributed by atoms with E-state index in [4.69, 9.17) is 4.74 Å². The molecular formula is C20H31NO3. The normalized spacial score (nSPS) is 26.7. The Hall–Kier alpha value is -1.55. The minimum absolute atomic E-state index is 0.0326. The highest BCUT2D eigenvalue weighted by molar-refractivity contribution is 5.68. The summed E-state index contributed by atoms with van der Waals surface area (Å²) in [6.07, 6.45) is 2.03. The molecule has 0 aliphatic heterocycles. The number of benzene rings is 1. The van der Waals surface area contributed by atoms with Crippen molar-refractivity contribution < 1.29 is 14.6 Å². The van der Waals surface area contributed by atoms with E-state index in [9.17, 15) is 9.90 Å². The van der Waals surface area contributed by atoms with E-state index in [0.717, 1.165) is 18.4 Å². The standard InChI is InChI=1S/C20H31NO3/c1-13(2)17-11-10-14(3)12-18(17)24-20(23)21-15(4)19(22)16-8-6-5-7-9-16/h5-9,13-15,17-19,22H,10-12H2,1-4H3,(H,21,23). The second-order valence-electron chi connectivity index (χ2n) is 7.56. The van der Waals surface area contributed by atoms with Crippen molar-refractivity contribution in [1.82, 2.24) is 5.32 Å². The monoisotopic (exact) mass is 333 g/mol. The molecule has 1 aliphatic carbocycles. The molecule has 1 aliphatic rings. The number of carbonyl (C=O) groups is 1. The fourth-order valence-electron chi connectivity index (χ4n) is 3.63. The van der Waals surface area contributed by atoms with Gasteiger partial charge in [0.15, 0.2) is 0 Å². The molecule has 0 spiro atoms. The van der Waals surface area contributed by atoms with Gasteiger partial charge in [-0.3, -0.25) is 0 Å². The van der Waals surface area contributed by atoms with Gasteiger partial charge in [0, 0.05) is 0 Å². The maximum atomic E-state index is 12.3. The SMILES string of the molecule is CC1CCC(C(C)C)C(OC(=O)NC(C)C(O)c2ccccc2)C1.